The number of para-hydroxylation sites is 1. The van der Waals surface area contributed by atoms with Crippen molar-refractivity contribution < 1.29 is 9.59 Å². The van der Waals surface area contributed by atoms with Crippen LogP contribution in [-0.2, 0) is 11.3 Å². The number of aromatic nitrogens is 2. The summed E-state index contributed by atoms with van der Waals surface area (Å²) in [7, 11) is 0. The molecule has 0 saturated heterocycles. The summed E-state index contributed by atoms with van der Waals surface area (Å²) in [5.41, 5.74) is 1.76. The molecule has 1 amide bonds. The predicted molar refractivity (Wildman–Crippen MR) is 121 cm³/mol. The third-order valence-corrected chi connectivity index (χ3v) is 5.88. The van der Waals surface area contributed by atoms with Gasteiger partial charge in [0.25, 0.3) is 5.56 Å². The number of hydrogen-bond acceptors (Lipinski definition) is 5. The lowest BCUT2D eigenvalue weighted by atomic mass is 10.1. The van der Waals surface area contributed by atoms with Crippen LogP contribution in [0.1, 0.15) is 22.8 Å². The van der Waals surface area contributed by atoms with Gasteiger partial charge in [-0.1, -0.05) is 18.2 Å². The van der Waals surface area contributed by atoms with Gasteiger partial charge in [0.2, 0.25) is 5.91 Å². The number of nitrogens with one attached hydrogen (secondary N) is 1. The lowest BCUT2D eigenvalue weighted by Gasteiger charge is -2.14. The highest BCUT2D eigenvalue weighted by molar-refractivity contribution is 7.17. The summed E-state index contributed by atoms with van der Waals surface area (Å²) >= 11 is 1.23. The number of rotatable bonds is 5. The summed E-state index contributed by atoms with van der Waals surface area (Å²) < 4.78 is 2.82. The molecule has 156 valence electrons. The van der Waals surface area contributed by atoms with Crippen LogP contribution in [0.4, 0.5) is 5.69 Å². The largest absolute Gasteiger partial charge is 0.336 e. The maximum Gasteiger partial charge on any atom is 0.336 e. The monoisotopic (exact) mass is 433 g/mol. The first-order valence-corrected chi connectivity index (χ1v) is 10.4. The van der Waals surface area contributed by atoms with E-state index in [1.807, 2.05) is 19.1 Å². The Morgan fingerprint density at radius 3 is 2.39 bits per heavy atom. The standard InChI is InChI=1S/C23H19N3O4S/c1-14-5-3-4-6-18(14)26-22(29)21-19(11-12-31-21)25(23(26)30)13-20(28)24-17-9-7-16(8-10-17)15(2)27/h3-12H,13H2,1-2H3,(H,24,28). The summed E-state index contributed by atoms with van der Waals surface area (Å²) in [4.78, 5) is 50.4. The zero-order chi connectivity index (χ0) is 22.1. The Kier molecular flexibility index (Phi) is 5.39. The number of amides is 1. The molecule has 0 aliphatic carbocycles. The van der Waals surface area contributed by atoms with Gasteiger partial charge < -0.3 is 5.32 Å². The molecule has 31 heavy (non-hydrogen) atoms. The lowest BCUT2D eigenvalue weighted by molar-refractivity contribution is -0.116. The van der Waals surface area contributed by atoms with Crippen LogP contribution in [-0.4, -0.2) is 20.8 Å². The Balaban J connectivity index is 1.74. The molecule has 8 heteroatoms. The van der Waals surface area contributed by atoms with Crippen molar-refractivity contribution in [1.82, 2.24) is 9.13 Å². The smallest absolute Gasteiger partial charge is 0.325 e. The summed E-state index contributed by atoms with van der Waals surface area (Å²) in [5, 5.41) is 4.46. The quantitative estimate of drug-likeness (QED) is 0.489. The maximum atomic E-state index is 13.3. The fourth-order valence-corrected chi connectivity index (χ4v) is 4.22. The van der Waals surface area contributed by atoms with Crippen LogP contribution in [0.15, 0.2) is 69.6 Å². The van der Waals surface area contributed by atoms with Gasteiger partial charge in [-0.3, -0.25) is 19.0 Å². The van der Waals surface area contributed by atoms with E-state index in [0.717, 1.165) is 10.1 Å². The highest BCUT2D eigenvalue weighted by Crippen LogP contribution is 2.18. The van der Waals surface area contributed by atoms with Gasteiger partial charge in [-0.05, 0) is 61.2 Å². The number of thiophene rings is 1. The fraction of sp³-hybridized carbons (Fsp3) is 0.130. The van der Waals surface area contributed by atoms with Gasteiger partial charge in [0.1, 0.15) is 11.2 Å². The number of aryl methyl sites for hydroxylation is 1. The third kappa shape index (κ3) is 3.85. The number of Topliss-reactive ketones (excluding diaryl/α,β-unsaturated/α-hetero) is 1. The minimum absolute atomic E-state index is 0.0669. The molecule has 0 aliphatic heterocycles. The number of fused-ring (bicyclic) bond motifs is 1. The van der Waals surface area contributed by atoms with Gasteiger partial charge in [0.15, 0.2) is 5.78 Å². The van der Waals surface area contributed by atoms with Crippen molar-refractivity contribution in [3.05, 3.63) is 91.9 Å². The molecular weight excluding hydrogens is 414 g/mol. The number of ketones is 1. The normalized spacial score (nSPS) is 10.9. The van der Waals surface area contributed by atoms with Crippen LogP contribution >= 0.6 is 11.3 Å². The lowest BCUT2D eigenvalue weighted by Crippen LogP contribution is -2.40. The average molecular weight is 433 g/mol. The molecule has 0 spiro atoms. The van der Waals surface area contributed by atoms with Crippen LogP contribution in [0.2, 0.25) is 0 Å². The SMILES string of the molecule is CC(=O)c1ccc(NC(=O)Cn2c(=O)n(-c3ccccc3C)c(=O)c3sccc32)cc1. The van der Waals surface area contributed by atoms with Gasteiger partial charge in [-0.2, -0.15) is 0 Å². The second-order valence-electron chi connectivity index (χ2n) is 7.11. The van der Waals surface area contributed by atoms with Crippen molar-refractivity contribution >= 4 is 38.9 Å². The number of hydrogen-bond donors (Lipinski definition) is 1. The summed E-state index contributed by atoms with van der Waals surface area (Å²) in [5.74, 6) is -0.483. The van der Waals surface area contributed by atoms with E-state index in [1.54, 1.807) is 47.8 Å². The van der Waals surface area contributed by atoms with Crippen LogP contribution in [0.5, 0.6) is 0 Å². The highest BCUT2D eigenvalue weighted by Gasteiger charge is 2.18. The molecule has 7 nitrogen and oxygen atoms in total. The van der Waals surface area contributed by atoms with Gasteiger partial charge in [0, 0.05) is 11.3 Å². The van der Waals surface area contributed by atoms with E-state index in [4.69, 9.17) is 0 Å². The molecule has 2 aromatic carbocycles. The molecule has 4 aromatic rings. The fourth-order valence-electron chi connectivity index (χ4n) is 3.40. The Morgan fingerprint density at radius 1 is 1.00 bits per heavy atom. The third-order valence-electron chi connectivity index (χ3n) is 4.99. The summed E-state index contributed by atoms with van der Waals surface area (Å²) in [6.45, 7) is 3.03. The topological polar surface area (TPSA) is 90.2 Å². The van der Waals surface area contributed by atoms with E-state index in [-0.39, 0.29) is 12.3 Å². The first kappa shape index (κ1) is 20.5. The Morgan fingerprint density at radius 2 is 1.71 bits per heavy atom. The molecule has 0 saturated carbocycles. The molecule has 0 unspecified atom stereocenters. The summed E-state index contributed by atoms with van der Waals surface area (Å²) in [6.07, 6.45) is 0. The van der Waals surface area contributed by atoms with E-state index in [2.05, 4.69) is 5.32 Å². The molecule has 1 N–H and O–H groups in total. The number of carbonyl (C=O) groups excluding carboxylic acids is 2. The maximum absolute atomic E-state index is 13.3. The average Bonchev–Trinajstić information content (AvgIpc) is 3.23. The number of carbonyl (C=O) groups is 2. The second-order valence-corrected chi connectivity index (χ2v) is 8.03. The van der Waals surface area contributed by atoms with E-state index in [9.17, 15) is 19.2 Å². The van der Waals surface area contributed by atoms with Crippen LogP contribution in [0.3, 0.4) is 0 Å². The minimum Gasteiger partial charge on any atom is -0.325 e. The van der Waals surface area contributed by atoms with Crippen LogP contribution in [0, 0.1) is 6.92 Å². The Hall–Kier alpha value is -3.78. The first-order valence-electron chi connectivity index (χ1n) is 9.56. The van der Waals surface area contributed by atoms with E-state index in [0.29, 0.717) is 27.2 Å². The van der Waals surface area contributed by atoms with Crippen molar-refractivity contribution in [1.29, 1.82) is 0 Å². The molecule has 0 aliphatic rings. The van der Waals surface area contributed by atoms with Crippen molar-refractivity contribution in [3.8, 4) is 5.69 Å². The zero-order valence-corrected chi connectivity index (χ0v) is 17.7. The van der Waals surface area contributed by atoms with E-state index >= 15 is 0 Å². The van der Waals surface area contributed by atoms with Gasteiger partial charge in [0.05, 0.1) is 11.2 Å². The molecule has 2 aromatic heterocycles. The molecule has 0 atom stereocenters. The Bertz CT molecular complexity index is 1430. The number of benzene rings is 2. The van der Waals surface area contributed by atoms with Crippen molar-refractivity contribution in [2.75, 3.05) is 5.32 Å². The zero-order valence-electron chi connectivity index (χ0n) is 16.9. The highest BCUT2D eigenvalue weighted by atomic mass is 32.1. The molecular formula is C23H19N3O4S. The van der Waals surface area contributed by atoms with Crippen molar-refractivity contribution in [2.45, 2.75) is 20.4 Å². The second kappa shape index (κ2) is 8.16. The molecule has 0 radical (unpaired) electrons. The Labute approximate surface area is 181 Å². The van der Waals surface area contributed by atoms with E-state index in [1.165, 1.54) is 22.8 Å². The summed E-state index contributed by atoms with van der Waals surface area (Å²) in [6, 6.07) is 15.3. The minimum atomic E-state index is -0.577. The molecule has 0 fully saturated rings. The van der Waals surface area contributed by atoms with E-state index < -0.39 is 17.2 Å². The number of nitrogens with zero attached hydrogens (tertiary/aromatic N) is 2. The van der Waals surface area contributed by atoms with Crippen molar-refractivity contribution in [2.24, 2.45) is 0 Å². The van der Waals surface area contributed by atoms with Crippen LogP contribution in [0.25, 0.3) is 15.9 Å². The predicted octanol–water partition coefficient (Wildman–Crippen LogP) is 3.36. The van der Waals surface area contributed by atoms with Crippen LogP contribution < -0.4 is 16.6 Å². The molecule has 4 rings (SSSR count). The van der Waals surface area contributed by atoms with Gasteiger partial charge in [-0.25, -0.2) is 9.36 Å². The van der Waals surface area contributed by atoms with Gasteiger partial charge >= 0.3 is 5.69 Å². The van der Waals surface area contributed by atoms with Crippen molar-refractivity contribution in [3.63, 3.8) is 0 Å². The molecule has 2 heterocycles. The first-order chi connectivity index (χ1) is 14.9. The number of anilines is 1. The van der Waals surface area contributed by atoms with Gasteiger partial charge in [-0.15, -0.1) is 11.3 Å². The molecule has 0 bridgehead atoms.